The van der Waals surface area contributed by atoms with E-state index in [0.29, 0.717) is 12.1 Å². The molecule has 0 aliphatic heterocycles. The first-order valence-electron chi connectivity index (χ1n) is 7.90. The van der Waals surface area contributed by atoms with Gasteiger partial charge < -0.3 is 10.1 Å². The first-order valence-corrected chi connectivity index (χ1v) is 7.90. The zero-order chi connectivity index (χ0) is 14.5. The van der Waals surface area contributed by atoms with Crippen molar-refractivity contribution in [2.24, 2.45) is 5.92 Å². The molecule has 20 heavy (non-hydrogen) atoms. The first kappa shape index (κ1) is 15.3. The third-order valence-corrected chi connectivity index (χ3v) is 3.95. The molecule has 112 valence electrons. The van der Waals surface area contributed by atoms with Crippen LogP contribution in [0.25, 0.3) is 0 Å². The fourth-order valence-corrected chi connectivity index (χ4v) is 2.71. The minimum absolute atomic E-state index is 0.353. The molecule has 1 aromatic heterocycles. The molecule has 2 rings (SSSR count). The normalized spacial score (nSPS) is 23.1. The standard InChI is InChI=1S/C17H28N2O/c1-12(2)18-11-15-9-14(4)19-17(10-15)20-16-7-5-13(3)6-8-16/h9-10,12-13,16,18H,5-8,11H2,1-4H3. The highest BCUT2D eigenvalue weighted by atomic mass is 16.5. The lowest BCUT2D eigenvalue weighted by atomic mass is 9.89. The number of hydrogen-bond acceptors (Lipinski definition) is 3. The Morgan fingerprint density at radius 2 is 1.95 bits per heavy atom. The Kier molecular flexibility index (Phi) is 5.41. The SMILES string of the molecule is Cc1cc(CNC(C)C)cc(OC2CCC(C)CC2)n1. The first-order chi connectivity index (χ1) is 9.52. The fraction of sp³-hybridized carbons (Fsp3) is 0.706. The van der Waals surface area contributed by atoms with Gasteiger partial charge in [0.15, 0.2) is 0 Å². The molecule has 1 aromatic rings. The molecule has 3 nitrogen and oxygen atoms in total. The number of ether oxygens (including phenoxy) is 1. The van der Waals surface area contributed by atoms with Crippen LogP contribution in [0, 0.1) is 12.8 Å². The number of aromatic nitrogens is 1. The predicted octanol–water partition coefficient (Wildman–Crippen LogP) is 3.85. The van der Waals surface area contributed by atoms with E-state index in [2.05, 4.69) is 43.2 Å². The van der Waals surface area contributed by atoms with Gasteiger partial charge in [0.05, 0.1) is 0 Å². The van der Waals surface area contributed by atoms with Crippen molar-refractivity contribution in [1.29, 1.82) is 0 Å². The third kappa shape index (κ3) is 4.78. The summed E-state index contributed by atoms with van der Waals surface area (Å²) >= 11 is 0. The monoisotopic (exact) mass is 276 g/mol. The van der Waals surface area contributed by atoms with Gasteiger partial charge in [-0.25, -0.2) is 4.98 Å². The number of rotatable bonds is 5. The second-order valence-corrected chi connectivity index (χ2v) is 6.49. The molecule has 0 unspecified atom stereocenters. The van der Waals surface area contributed by atoms with Crippen LogP contribution in [0.3, 0.4) is 0 Å². The molecule has 1 aliphatic carbocycles. The van der Waals surface area contributed by atoms with Crippen molar-refractivity contribution in [2.75, 3.05) is 0 Å². The minimum Gasteiger partial charge on any atom is -0.474 e. The van der Waals surface area contributed by atoms with Crippen LogP contribution in [-0.4, -0.2) is 17.1 Å². The van der Waals surface area contributed by atoms with Crippen LogP contribution in [-0.2, 0) is 6.54 Å². The van der Waals surface area contributed by atoms with Crippen LogP contribution in [0.5, 0.6) is 5.88 Å². The second kappa shape index (κ2) is 7.07. The quantitative estimate of drug-likeness (QED) is 0.887. The summed E-state index contributed by atoms with van der Waals surface area (Å²) < 4.78 is 6.09. The van der Waals surface area contributed by atoms with E-state index in [4.69, 9.17) is 4.74 Å². The molecular weight excluding hydrogens is 248 g/mol. The van der Waals surface area contributed by atoms with E-state index in [9.17, 15) is 0 Å². The average Bonchev–Trinajstić information content (AvgIpc) is 2.38. The Balaban J connectivity index is 1.96. The number of nitrogens with zero attached hydrogens (tertiary/aromatic N) is 1. The Morgan fingerprint density at radius 3 is 2.60 bits per heavy atom. The van der Waals surface area contributed by atoms with Crippen molar-refractivity contribution in [1.82, 2.24) is 10.3 Å². The predicted molar refractivity (Wildman–Crippen MR) is 83.0 cm³/mol. The van der Waals surface area contributed by atoms with Crippen LogP contribution >= 0.6 is 0 Å². The molecule has 0 radical (unpaired) electrons. The molecule has 0 aromatic carbocycles. The number of hydrogen-bond donors (Lipinski definition) is 1. The molecule has 0 saturated heterocycles. The largest absolute Gasteiger partial charge is 0.474 e. The van der Waals surface area contributed by atoms with Gasteiger partial charge in [0, 0.05) is 24.3 Å². The Hall–Kier alpha value is -1.09. The van der Waals surface area contributed by atoms with Gasteiger partial charge in [-0.3, -0.25) is 0 Å². The molecule has 1 heterocycles. The molecule has 1 N–H and O–H groups in total. The zero-order valence-electron chi connectivity index (χ0n) is 13.3. The summed E-state index contributed by atoms with van der Waals surface area (Å²) in [5, 5.41) is 3.44. The van der Waals surface area contributed by atoms with Gasteiger partial charge in [-0.15, -0.1) is 0 Å². The Morgan fingerprint density at radius 1 is 1.25 bits per heavy atom. The van der Waals surface area contributed by atoms with Crippen molar-refractivity contribution in [3.05, 3.63) is 23.4 Å². The van der Waals surface area contributed by atoms with Gasteiger partial charge >= 0.3 is 0 Å². The lowest BCUT2D eigenvalue weighted by Gasteiger charge is -2.26. The van der Waals surface area contributed by atoms with E-state index in [1.54, 1.807) is 0 Å². The van der Waals surface area contributed by atoms with E-state index in [1.807, 2.05) is 6.92 Å². The van der Waals surface area contributed by atoms with Gasteiger partial charge in [0.25, 0.3) is 0 Å². The maximum absolute atomic E-state index is 6.09. The molecule has 1 aliphatic rings. The topological polar surface area (TPSA) is 34.1 Å². The van der Waals surface area contributed by atoms with E-state index in [-0.39, 0.29) is 0 Å². The molecule has 0 bridgehead atoms. The Bertz CT molecular complexity index is 423. The number of nitrogens with one attached hydrogen (secondary N) is 1. The smallest absolute Gasteiger partial charge is 0.214 e. The fourth-order valence-electron chi connectivity index (χ4n) is 2.71. The van der Waals surface area contributed by atoms with Crippen molar-refractivity contribution >= 4 is 0 Å². The van der Waals surface area contributed by atoms with E-state index in [0.717, 1.165) is 36.9 Å². The van der Waals surface area contributed by atoms with Crippen molar-refractivity contribution < 1.29 is 4.74 Å². The van der Waals surface area contributed by atoms with Gasteiger partial charge in [0.2, 0.25) is 5.88 Å². The van der Waals surface area contributed by atoms with E-state index >= 15 is 0 Å². The summed E-state index contributed by atoms with van der Waals surface area (Å²) in [6.07, 6.45) is 5.23. The van der Waals surface area contributed by atoms with Crippen LogP contribution < -0.4 is 10.1 Å². The number of aryl methyl sites for hydroxylation is 1. The van der Waals surface area contributed by atoms with Crippen molar-refractivity contribution in [3.8, 4) is 5.88 Å². The van der Waals surface area contributed by atoms with Crippen molar-refractivity contribution in [2.45, 2.75) is 72.1 Å². The summed E-state index contributed by atoms with van der Waals surface area (Å²) in [5.41, 5.74) is 2.29. The lowest BCUT2D eigenvalue weighted by molar-refractivity contribution is 0.130. The molecule has 1 saturated carbocycles. The second-order valence-electron chi connectivity index (χ2n) is 6.49. The van der Waals surface area contributed by atoms with Gasteiger partial charge in [-0.2, -0.15) is 0 Å². The number of pyridine rings is 1. The molecule has 0 spiro atoms. The molecular formula is C17H28N2O. The summed E-state index contributed by atoms with van der Waals surface area (Å²) in [7, 11) is 0. The average molecular weight is 276 g/mol. The molecule has 0 amide bonds. The minimum atomic E-state index is 0.353. The maximum atomic E-state index is 6.09. The summed E-state index contributed by atoms with van der Waals surface area (Å²) in [6.45, 7) is 9.56. The van der Waals surface area contributed by atoms with Gasteiger partial charge in [-0.1, -0.05) is 20.8 Å². The maximum Gasteiger partial charge on any atom is 0.214 e. The van der Waals surface area contributed by atoms with Crippen LogP contribution in [0.2, 0.25) is 0 Å². The van der Waals surface area contributed by atoms with E-state index < -0.39 is 0 Å². The van der Waals surface area contributed by atoms with Crippen molar-refractivity contribution in [3.63, 3.8) is 0 Å². The summed E-state index contributed by atoms with van der Waals surface area (Å²) in [4.78, 5) is 4.52. The summed E-state index contributed by atoms with van der Waals surface area (Å²) in [5.74, 6) is 1.65. The third-order valence-electron chi connectivity index (χ3n) is 3.95. The highest BCUT2D eigenvalue weighted by Crippen LogP contribution is 2.27. The van der Waals surface area contributed by atoms with Gasteiger partial charge in [0.1, 0.15) is 6.10 Å². The highest BCUT2D eigenvalue weighted by Gasteiger charge is 2.20. The molecule has 0 atom stereocenters. The van der Waals surface area contributed by atoms with E-state index in [1.165, 1.54) is 18.4 Å². The van der Waals surface area contributed by atoms with Crippen LogP contribution in [0.15, 0.2) is 12.1 Å². The Labute approximate surface area is 123 Å². The summed E-state index contributed by atoms with van der Waals surface area (Å²) in [6, 6.07) is 4.71. The highest BCUT2D eigenvalue weighted by molar-refractivity contribution is 5.24. The molecule has 3 heteroatoms. The van der Waals surface area contributed by atoms with Gasteiger partial charge in [-0.05, 0) is 50.2 Å². The molecule has 1 fully saturated rings. The van der Waals surface area contributed by atoms with Crippen LogP contribution in [0.4, 0.5) is 0 Å². The zero-order valence-corrected chi connectivity index (χ0v) is 13.3. The van der Waals surface area contributed by atoms with Crippen LogP contribution in [0.1, 0.15) is 57.7 Å². The lowest BCUT2D eigenvalue weighted by Crippen LogP contribution is -2.24.